The lowest BCUT2D eigenvalue weighted by Crippen LogP contribution is -2.14. The van der Waals surface area contributed by atoms with Crippen molar-refractivity contribution >= 4 is 5.95 Å². The van der Waals surface area contributed by atoms with E-state index in [1.54, 1.807) is 0 Å². The van der Waals surface area contributed by atoms with Gasteiger partial charge < -0.3 is 9.88 Å². The van der Waals surface area contributed by atoms with E-state index in [0.29, 0.717) is 6.04 Å². The summed E-state index contributed by atoms with van der Waals surface area (Å²) in [6.07, 6.45) is 9.11. The van der Waals surface area contributed by atoms with Gasteiger partial charge in [0, 0.05) is 25.0 Å². The summed E-state index contributed by atoms with van der Waals surface area (Å²) in [4.78, 5) is 4.31. The van der Waals surface area contributed by atoms with E-state index in [0.717, 1.165) is 12.5 Å². The first-order chi connectivity index (χ1) is 7.24. The standard InChI is InChI=1S/C12H23N3/c1-4-5-6-7-9-15-10-8-13-12(15)14-11(2)3/h8,10-11H,4-7,9H2,1-3H3,(H,13,14). The van der Waals surface area contributed by atoms with Gasteiger partial charge in [-0.05, 0) is 20.3 Å². The van der Waals surface area contributed by atoms with E-state index < -0.39 is 0 Å². The van der Waals surface area contributed by atoms with Crippen LogP contribution in [0.15, 0.2) is 12.4 Å². The minimum Gasteiger partial charge on any atom is -0.353 e. The molecule has 0 radical (unpaired) electrons. The first kappa shape index (κ1) is 12.1. The van der Waals surface area contributed by atoms with Crippen LogP contribution in [0.5, 0.6) is 0 Å². The van der Waals surface area contributed by atoms with Gasteiger partial charge in [-0.3, -0.25) is 0 Å². The van der Waals surface area contributed by atoms with Crippen molar-refractivity contribution in [2.24, 2.45) is 0 Å². The minimum atomic E-state index is 0.446. The number of anilines is 1. The Morgan fingerprint density at radius 1 is 1.33 bits per heavy atom. The third kappa shape index (κ3) is 4.36. The lowest BCUT2D eigenvalue weighted by Gasteiger charge is -2.11. The molecular formula is C12H23N3. The van der Waals surface area contributed by atoms with Gasteiger partial charge in [-0.1, -0.05) is 26.2 Å². The number of hydrogen-bond acceptors (Lipinski definition) is 2. The molecule has 1 aromatic heterocycles. The molecule has 0 unspecified atom stereocenters. The van der Waals surface area contributed by atoms with Crippen molar-refractivity contribution in [1.82, 2.24) is 9.55 Å². The molecule has 15 heavy (non-hydrogen) atoms. The quantitative estimate of drug-likeness (QED) is 0.698. The van der Waals surface area contributed by atoms with Crippen molar-refractivity contribution in [3.05, 3.63) is 12.4 Å². The largest absolute Gasteiger partial charge is 0.353 e. The summed E-state index contributed by atoms with van der Waals surface area (Å²) in [5, 5.41) is 3.35. The number of imidazole rings is 1. The maximum absolute atomic E-state index is 4.31. The Balaban J connectivity index is 2.36. The van der Waals surface area contributed by atoms with E-state index >= 15 is 0 Å². The van der Waals surface area contributed by atoms with Crippen molar-refractivity contribution in [2.45, 2.75) is 59.0 Å². The highest BCUT2D eigenvalue weighted by Crippen LogP contribution is 2.09. The van der Waals surface area contributed by atoms with Gasteiger partial charge in [0.05, 0.1) is 0 Å². The fraction of sp³-hybridized carbons (Fsp3) is 0.750. The van der Waals surface area contributed by atoms with Crippen LogP contribution in [-0.2, 0) is 6.54 Å². The number of aryl methyl sites for hydroxylation is 1. The van der Waals surface area contributed by atoms with E-state index in [-0.39, 0.29) is 0 Å². The molecule has 0 aliphatic rings. The third-order valence-electron chi connectivity index (χ3n) is 2.39. The van der Waals surface area contributed by atoms with Gasteiger partial charge in [0.25, 0.3) is 0 Å². The fourth-order valence-corrected chi connectivity index (χ4v) is 1.60. The lowest BCUT2D eigenvalue weighted by molar-refractivity contribution is 0.583. The zero-order chi connectivity index (χ0) is 11.1. The summed E-state index contributed by atoms with van der Waals surface area (Å²) < 4.78 is 2.20. The predicted octanol–water partition coefficient (Wildman–Crippen LogP) is 3.28. The molecule has 86 valence electrons. The van der Waals surface area contributed by atoms with E-state index in [4.69, 9.17) is 0 Å². The second-order valence-corrected chi connectivity index (χ2v) is 4.30. The van der Waals surface area contributed by atoms with Gasteiger partial charge >= 0.3 is 0 Å². The van der Waals surface area contributed by atoms with Crippen LogP contribution in [0, 0.1) is 0 Å². The summed E-state index contributed by atoms with van der Waals surface area (Å²) in [6, 6.07) is 0.446. The van der Waals surface area contributed by atoms with E-state index in [2.05, 4.69) is 41.8 Å². The molecule has 1 aromatic rings. The van der Waals surface area contributed by atoms with Crippen molar-refractivity contribution < 1.29 is 0 Å². The van der Waals surface area contributed by atoms with Crippen LogP contribution in [0.4, 0.5) is 5.95 Å². The molecule has 3 heteroatoms. The number of unbranched alkanes of at least 4 members (excludes halogenated alkanes) is 3. The third-order valence-corrected chi connectivity index (χ3v) is 2.39. The van der Waals surface area contributed by atoms with Crippen molar-refractivity contribution in [3.8, 4) is 0 Å². The summed E-state index contributed by atoms with van der Waals surface area (Å²) in [5.41, 5.74) is 0. The average molecular weight is 209 g/mol. The highest BCUT2D eigenvalue weighted by Gasteiger charge is 2.02. The van der Waals surface area contributed by atoms with Gasteiger partial charge in [0.2, 0.25) is 5.95 Å². The first-order valence-corrected chi connectivity index (χ1v) is 6.01. The Hall–Kier alpha value is -0.990. The molecule has 3 nitrogen and oxygen atoms in total. The van der Waals surface area contributed by atoms with Crippen molar-refractivity contribution in [3.63, 3.8) is 0 Å². The molecule has 1 rings (SSSR count). The van der Waals surface area contributed by atoms with E-state index in [1.165, 1.54) is 25.7 Å². The molecule has 0 amide bonds. The Bertz CT molecular complexity index is 266. The van der Waals surface area contributed by atoms with Crippen LogP contribution in [0.1, 0.15) is 46.5 Å². The predicted molar refractivity (Wildman–Crippen MR) is 65.1 cm³/mol. The number of aromatic nitrogens is 2. The Morgan fingerprint density at radius 3 is 2.80 bits per heavy atom. The van der Waals surface area contributed by atoms with Gasteiger partial charge in [-0.15, -0.1) is 0 Å². The van der Waals surface area contributed by atoms with Crippen molar-refractivity contribution in [1.29, 1.82) is 0 Å². The van der Waals surface area contributed by atoms with Gasteiger partial charge in [0.1, 0.15) is 0 Å². The fourth-order valence-electron chi connectivity index (χ4n) is 1.60. The summed E-state index contributed by atoms with van der Waals surface area (Å²) >= 11 is 0. The second-order valence-electron chi connectivity index (χ2n) is 4.30. The normalized spacial score (nSPS) is 10.9. The highest BCUT2D eigenvalue weighted by atomic mass is 15.2. The molecule has 0 aliphatic carbocycles. The minimum absolute atomic E-state index is 0.446. The van der Waals surface area contributed by atoms with E-state index in [9.17, 15) is 0 Å². The molecule has 1 heterocycles. The van der Waals surface area contributed by atoms with Crippen LogP contribution >= 0.6 is 0 Å². The lowest BCUT2D eigenvalue weighted by atomic mass is 10.2. The van der Waals surface area contributed by atoms with Crippen LogP contribution in [0.3, 0.4) is 0 Å². The summed E-state index contributed by atoms with van der Waals surface area (Å²) in [6.45, 7) is 7.59. The molecule has 0 saturated carbocycles. The number of nitrogens with zero attached hydrogens (tertiary/aromatic N) is 2. The molecular weight excluding hydrogens is 186 g/mol. The van der Waals surface area contributed by atoms with Crippen molar-refractivity contribution in [2.75, 3.05) is 5.32 Å². The van der Waals surface area contributed by atoms with Crippen LogP contribution in [-0.4, -0.2) is 15.6 Å². The maximum atomic E-state index is 4.31. The van der Waals surface area contributed by atoms with Gasteiger partial charge in [-0.25, -0.2) is 4.98 Å². The van der Waals surface area contributed by atoms with Gasteiger partial charge in [-0.2, -0.15) is 0 Å². The summed E-state index contributed by atoms with van der Waals surface area (Å²) in [5.74, 6) is 1.00. The first-order valence-electron chi connectivity index (χ1n) is 6.01. The van der Waals surface area contributed by atoms with Crippen LogP contribution in [0.25, 0.3) is 0 Å². The maximum Gasteiger partial charge on any atom is 0.202 e. The molecule has 0 atom stereocenters. The SMILES string of the molecule is CCCCCCn1ccnc1NC(C)C. The zero-order valence-electron chi connectivity index (χ0n) is 10.2. The van der Waals surface area contributed by atoms with Crippen LogP contribution < -0.4 is 5.32 Å². The Morgan fingerprint density at radius 2 is 2.13 bits per heavy atom. The number of nitrogens with one attached hydrogen (secondary N) is 1. The molecule has 0 bridgehead atoms. The topological polar surface area (TPSA) is 29.9 Å². The number of rotatable bonds is 7. The summed E-state index contributed by atoms with van der Waals surface area (Å²) in [7, 11) is 0. The smallest absolute Gasteiger partial charge is 0.202 e. The monoisotopic (exact) mass is 209 g/mol. The van der Waals surface area contributed by atoms with Gasteiger partial charge in [0.15, 0.2) is 0 Å². The van der Waals surface area contributed by atoms with Crippen LogP contribution in [0.2, 0.25) is 0 Å². The molecule has 0 saturated heterocycles. The molecule has 0 aliphatic heterocycles. The molecule has 1 N–H and O–H groups in total. The Kier molecular flexibility index (Phi) is 5.22. The van der Waals surface area contributed by atoms with E-state index in [1.807, 2.05) is 6.20 Å². The zero-order valence-corrected chi connectivity index (χ0v) is 10.2. The number of hydrogen-bond donors (Lipinski definition) is 1. The highest BCUT2D eigenvalue weighted by molar-refractivity contribution is 5.26. The molecule has 0 aromatic carbocycles. The molecule has 0 spiro atoms. The molecule has 0 fully saturated rings. The Labute approximate surface area is 92.9 Å². The average Bonchev–Trinajstić information content (AvgIpc) is 2.59. The second kappa shape index (κ2) is 6.49.